The highest BCUT2D eigenvalue weighted by molar-refractivity contribution is 14.0. The first-order valence-electron chi connectivity index (χ1n) is 8.59. The first kappa shape index (κ1) is 23.3. The number of nitrogens with one attached hydrogen (secondary N) is 3. The van der Waals surface area contributed by atoms with E-state index < -0.39 is 0 Å². The Balaban J connectivity index is 0.00000392. The van der Waals surface area contributed by atoms with Crippen LogP contribution in [0.1, 0.15) is 11.1 Å². The molecule has 0 aliphatic carbocycles. The molecular weight excluding hydrogens is 467 g/mol. The number of carbonyl (C=O) groups excluding carboxylic acids is 1. The minimum absolute atomic E-state index is 0. The van der Waals surface area contributed by atoms with Crippen LogP contribution in [0.4, 0.5) is 5.69 Å². The van der Waals surface area contributed by atoms with Gasteiger partial charge in [0.2, 0.25) is 5.91 Å². The normalized spacial score (nSPS) is 10.2. The number of para-hydroxylation sites is 1. The highest BCUT2D eigenvalue weighted by atomic mass is 127. The number of anilines is 1. The van der Waals surface area contributed by atoms with Gasteiger partial charge in [0.05, 0.1) is 13.7 Å². The van der Waals surface area contributed by atoms with Crippen LogP contribution in [0, 0.1) is 12.3 Å². The first-order chi connectivity index (χ1) is 13.2. The summed E-state index contributed by atoms with van der Waals surface area (Å²) in [6.07, 6.45) is 6.14. The average molecular weight is 492 g/mol. The number of rotatable bonds is 7. The van der Waals surface area contributed by atoms with Gasteiger partial charge < -0.3 is 20.7 Å². The van der Waals surface area contributed by atoms with Gasteiger partial charge in [-0.2, -0.15) is 0 Å². The zero-order valence-electron chi connectivity index (χ0n) is 16.0. The molecular formula is C21H25IN4O2. The lowest BCUT2D eigenvalue weighted by molar-refractivity contribution is -0.115. The van der Waals surface area contributed by atoms with E-state index >= 15 is 0 Å². The van der Waals surface area contributed by atoms with Crippen LogP contribution in [0.2, 0.25) is 0 Å². The summed E-state index contributed by atoms with van der Waals surface area (Å²) >= 11 is 0. The van der Waals surface area contributed by atoms with E-state index in [1.54, 1.807) is 38.4 Å². The van der Waals surface area contributed by atoms with E-state index in [4.69, 9.17) is 11.2 Å². The maximum atomic E-state index is 12.1. The van der Waals surface area contributed by atoms with Crippen molar-refractivity contribution < 1.29 is 9.53 Å². The SMILES string of the molecule is C#Cc1cccc(NC(=O)CNC(=NC)NCCc2ccccc2OC)c1.I. The molecule has 0 unspecified atom stereocenters. The lowest BCUT2D eigenvalue weighted by Crippen LogP contribution is -2.42. The van der Waals surface area contributed by atoms with Gasteiger partial charge in [-0.3, -0.25) is 9.79 Å². The van der Waals surface area contributed by atoms with Crippen LogP contribution in [0.3, 0.4) is 0 Å². The van der Waals surface area contributed by atoms with Crippen molar-refractivity contribution in [1.29, 1.82) is 0 Å². The van der Waals surface area contributed by atoms with Crippen molar-refractivity contribution in [2.75, 3.05) is 32.6 Å². The molecule has 2 aromatic carbocycles. The summed E-state index contributed by atoms with van der Waals surface area (Å²) < 4.78 is 5.34. The second kappa shape index (κ2) is 12.6. The molecule has 0 heterocycles. The number of benzene rings is 2. The molecule has 0 radical (unpaired) electrons. The van der Waals surface area contributed by atoms with Gasteiger partial charge in [-0.25, -0.2) is 0 Å². The van der Waals surface area contributed by atoms with Crippen molar-refractivity contribution in [3.63, 3.8) is 0 Å². The van der Waals surface area contributed by atoms with Gasteiger partial charge in [-0.1, -0.05) is 30.2 Å². The van der Waals surface area contributed by atoms with Crippen molar-refractivity contribution in [3.8, 4) is 18.1 Å². The molecule has 0 aliphatic rings. The summed E-state index contributed by atoms with van der Waals surface area (Å²) in [5.74, 6) is 3.77. The van der Waals surface area contributed by atoms with Crippen LogP contribution >= 0.6 is 24.0 Å². The number of halogens is 1. The number of hydrogen-bond donors (Lipinski definition) is 3. The Morgan fingerprint density at radius 3 is 2.68 bits per heavy atom. The van der Waals surface area contributed by atoms with Gasteiger partial charge in [0.25, 0.3) is 0 Å². The molecule has 0 bridgehead atoms. The van der Waals surface area contributed by atoms with E-state index in [0.29, 0.717) is 18.2 Å². The molecule has 2 rings (SSSR count). The standard InChI is InChI=1S/C21H24N4O2.HI/c1-4-16-8-7-10-18(14-16)25-20(26)15-24-21(22-2)23-13-12-17-9-5-6-11-19(17)27-3;/h1,5-11,14H,12-13,15H2,2-3H3,(H,25,26)(H2,22,23,24);1H. The fourth-order valence-electron chi connectivity index (χ4n) is 2.50. The number of methoxy groups -OCH3 is 1. The van der Waals surface area contributed by atoms with Crippen LogP contribution in [-0.4, -0.2) is 39.1 Å². The van der Waals surface area contributed by atoms with Crippen LogP contribution in [0.5, 0.6) is 5.75 Å². The second-order valence-electron chi connectivity index (χ2n) is 5.69. The van der Waals surface area contributed by atoms with Gasteiger partial charge in [0.1, 0.15) is 5.75 Å². The summed E-state index contributed by atoms with van der Waals surface area (Å²) in [6.45, 7) is 0.750. The molecule has 0 fully saturated rings. The topological polar surface area (TPSA) is 74.8 Å². The fourth-order valence-corrected chi connectivity index (χ4v) is 2.50. The molecule has 3 N–H and O–H groups in total. The molecule has 0 spiro atoms. The second-order valence-corrected chi connectivity index (χ2v) is 5.69. The molecule has 0 aromatic heterocycles. The minimum atomic E-state index is -0.183. The fraction of sp³-hybridized carbons (Fsp3) is 0.238. The van der Waals surface area contributed by atoms with Crippen molar-refractivity contribution in [1.82, 2.24) is 10.6 Å². The predicted molar refractivity (Wildman–Crippen MR) is 124 cm³/mol. The highest BCUT2D eigenvalue weighted by Gasteiger charge is 2.06. The molecule has 1 amide bonds. The third-order valence-corrected chi connectivity index (χ3v) is 3.83. The highest BCUT2D eigenvalue weighted by Crippen LogP contribution is 2.17. The summed E-state index contributed by atoms with van der Waals surface area (Å²) in [4.78, 5) is 16.2. The van der Waals surface area contributed by atoms with Crippen molar-refractivity contribution in [3.05, 3.63) is 59.7 Å². The third kappa shape index (κ3) is 7.48. The molecule has 0 atom stereocenters. The summed E-state index contributed by atoms with van der Waals surface area (Å²) in [5.41, 5.74) is 2.49. The number of nitrogens with zero attached hydrogens (tertiary/aromatic N) is 1. The quantitative estimate of drug-likeness (QED) is 0.241. The maximum Gasteiger partial charge on any atom is 0.243 e. The Morgan fingerprint density at radius 1 is 1.18 bits per heavy atom. The van der Waals surface area contributed by atoms with E-state index in [-0.39, 0.29) is 36.4 Å². The molecule has 0 saturated carbocycles. The Bertz CT molecular complexity index is 846. The van der Waals surface area contributed by atoms with Crippen LogP contribution in [-0.2, 0) is 11.2 Å². The van der Waals surface area contributed by atoms with Gasteiger partial charge >= 0.3 is 0 Å². The summed E-state index contributed by atoms with van der Waals surface area (Å²) in [7, 11) is 3.32. The van der Waals surface area contributed by atoms with Crippen LogP contribution in [0.15, 0.2) is 53.5 Å². The number of amides is 1. The van der Waals surface area contributed by atoms with E-state index in [2.05, 4.69) is 26.9 Å². The largest absolute Gasteiger partial charge is 0.496 e. The van der Waals surface area contributed by atoms with Crippen LogP contribution < -0.4 is 20.7 Å². The Hall–Kier alpha value is -2.73. The van der Waals surface area contributed by atoms with Gasteiger partial charge in [0.15, 0.2) is 5.96 Å². The molecule has 0 saturated heterocycles. The van der Waals surface area contributed by atoms with Crippen LogP contribution in [0.25, 0.3) is 0 Å². The third-order valence-electron chi connectivity index (χ3n) is 3.83. The van der Waals surface area contributed by atoms with Gasteiger partial charge in [-0.15, -0.1) is 30.4 Å². The summed E-state index contributed by atoms with van der Waals surface area (Å²) in [5, 5.41) is 8.97. The average Bonchev–Trinajstić information content (AvgIpc) is 2.71. The zero-order chi connectivity index (χ0) is 19.5. The molecule has 148 valence electrons. The first-order valence-corrected chi connectivity index (χ1v) is 8.59. The summed E-state index contributed by atoms with van der Waals surface area (Å²) in [6, 6.07) is 15.0. The monoisotopic (exact) mass is 492 g/mol. The lowest BCUT2D eigenvalue weighted by Gasteiger charge is -2.13. The number of hydrogen-bond acceptors (Lipinski definition) is 3. The Morgan fingerprint density at radius 2 is 1.96 bits per heavy atom. The molecule has 0 aliphatic heterocycles. The van der Waals surface area contributed by atoms with Crippen molar-refractivity contribution in [2.24, 2.45) is 4.99 Å². The maximum absolute atomic E-state index is 12.1. The lowest BCUT2D eigenvalue weighted by atomic mass is 10.1. The molecule has 2 aromatic rings. The molecule has 28 heavy (non-hydrogen) atoms. The van der Waals surface area contributed by atoms with Gasteiger partial charge in [0, 0.05) is 24.8 Å². The zero-order valence-corrected chi connectivity index (χ0v) is 18.3. The van der Waals surface area contributed by atoms with Gasteiger partial charge in [-0.05, 0) is 36.2 Å². The molecule has 6 nitrogen and oxygen atoms in total. The van der Waals surface area contributed by atoms with E-state index in [1.165, 1.54) is 0 Å². The number of ether oxygens (including phenoxy) is 1. The predicted octanol–water partition coefficient (Wildman–Crippen LogP) is 2.64. The number of guanidine groups is 1. The molecule has 7 heteroatoms. The minimum Gasteiger partial charge on any atom is -0.496 e. The van der Waals surface area contributed by atoms with Crippen molar-refractivity contribution >= 4 is 41.5 Å². The number of terminal acetylenes is 1. The van der Waals surface area contributed by atoms with Crippen molar-refractivity contribution in [2.45, 2.75) is 6.42 Å². The smallest absolute Gasteiger partial charge is 0.243 e. The number of aliphatic imine (C=N–C) groups is 1. The Labute approximate surface area is 183 Å². The van der Waals surface area contributed by atoms with E-state index in [0.717, 1.165) is 23.3 Å². The Kier molecular flexibility index (Phi) is 10.5. The number of carbonyl (C=O) groups is 1. The van der Waals surface area contributed by atoms with E-state index in [1.807, 2.05) is 24.3 Å². The van der Waals surface area contributed by atoms with E-state index in [9.17, 15) is 4.79 Å².